The van der Waals surface area contributed by atoms with Crippen LogP contribution in [-0.4, -0.2) is 31.1 Å². The number of likely N-dealkylation sites (N-methyl/N-ethyl adjacent to an activating group) is 1. The van der Waals surface area contributed by atoms with Gasteiger partial charge in [-0.3, -0.25) is 0 Å². The van der Waals surface area contributed by atoms with E-state index in [0.29, 0.717) is 6.04 Å². The number of hydrogen-bond donors (Lipinski definition) is 1. The molecule has 1 atom stereocenters. The molecule has 0 amide bonds. The van der Waals surface area contributed by atoms with Gasteiger partial charge in [-0.15, -0.1) is 0 Å². The van der Waals surface area contributed by atoms with Crippen LogP contribution in [0.2, 0.25) is 0 Å². The van der Waals surface area contributed by atoms with Crippen LogP contribution in [0.15, 0.2) is 0 Å². The van der Waals surface area contributed by atoms with Gasteiger partial charge in [0.2, 0.25) is 0 Å². The normalized spacial score (nSPS) is 14.1. The molecule has 0 aliphatic rings. The number of rotatable bonds is 5. The zero-order valence-corrected chi connectivity index (χ0v) is 7.43. The molecule has 0 saturated heterocycles. The molecule has 0 saturated carbocycles. The minimum absolute atomic E-state index is 0.593. The summed E-state index contributed by atoms with van der Waals surface area (Å²) in [6.45, 7) is 6.25. The Balaban J connectivity index is 3.56. The van der Waals surface area contributed by atoms with Gasteiger partial charge in [-0.1, -0.05) is 20.3 Å². The Bertz CT molecular complexity index is 73.7. The van der Waals surface area contributed by atoms with Gasteiger partial charge in [-0.25, -0.2) is 0 Å². The molecule has 0 aromatic rings. The van der Waals surface area contributed by atoms with Crippen LogP contribution in [0.3, 0.4) is 0 Å². The minimum Gasteiger partial charge on any atom is -0.329 e. The number of hydrogen-bond acceptors (Lipinski definition) is 2. The van der Waals surface area contributed by atoms with Crippen LogP contribution < -0.4 is 5.73 Å². The first kappa shape index (κ1) is 9.92. The molecule has 0 heterocycles. The van der Waals surface area contributed by atoms with E-state index in [0.717, 1.165) is 13.1 Å². The van der Waals surface area contributed by atoms with Crippen molar-refractivity contribution in [1.82, 2.24) is 4.90 Å². The molecule has 0 spiro atoms. The maximum atomic E-state index is 5.59. The van der Waals surface area contributed by atoms with E-state index in [1.807, 2.05) is 0 Å². The van der Waals surface area contributed by atoms with Crippen molar-refractivity contribution in [2.24, 2.45) is 5.73 Å². The Hall–Kier alpha value is -0.0800. The van der Waals surface area contributed by atoms with E-state index in [9.17, 15) is 0 Å². The molecule has 0 bridgehead atoms. The monoisotopic (exact) mass is 144 g/mol. The summed E-state index contributed by atoms with van der Waals surface area (Å²) in [5.41, 5.74) is 5.59. The number of nitrogens with zero attached hydrogens (tertiary/aromatic N) is 1. The van der Waals surface area contributed by atoms with E-state index in [-0.39, 0.29) is 0 Å². The zero-order valence-electron chi connectivity index (χ0n) is 7.43. The van der Waals surface area contributed by atoms with Gasteiger partial charge < -0.3 is 10.6 Å². The molecule has 1 unspecified atom stereocenters. The van der Waals surface area contributed by atoms with Gasteiger partial charge in [0.25, 0.3) is 0 Å². The van der Waals surface area contributed by atoms with Crippen LogP contribution in [0.4, 0.5) is 0 Å². The van der Waals surface area contributed by atoms with Crippen LogP contribution >= 0.6 is 0 Å². The molecule has 0 aliphatic carbocycles. The first-order valence-electron chi connectivity index (χ1n) is 4.16. The molecule has 62 valence electrons. The summed E-state index contributed by atoms with van der Waals surface area (Å²) < 4.78 is 0. The summed E-state index contributed by atoms with van der Waals surface area (Å²) in [7, 11) is 2.13. The minimum atomic E-state index is 0.593. The van der Waals surface area contributed by atoms with Gasteiger partial charge in [0.1, 0.15) is 0 Å². The molecule has 2 nitrogen and oxygen atoms in total. The van der Waals surface area contributed by atoms with E-state index in [1.165, 1.54) is 12.8 Å². The fourth-order valence-electron chi connectivity index (χ4n) is 1.11. The summed E-state index contributed by atoms with van der Waals surface area (Å²) in [5.74, 6) is 0. The summed E-state index contributed by atoms with van der Waals surface area (Å²) in [6, 6.07) is 0.593. The molecule has 0 aromatic heterocycles. The van der Waals surface area contributed by atoms with Gasteiger partial charge in [0.15, 0.2) is 0 Å². The molecule has 0 rings (SSSR count). The smallest absolute Gasteiger partial charge is 0.0215 e. The first-order chi connectivity index (χ1) is 4.76. The Kier molecular flexibility index (Phi) is 5.64. The van der Waals surface area contributed by atoms with E-state index in [4.69, 9.17) is 5.73 Å². The zero-order chi connectivity index (χ0) is 7.98. The molecular formula is C8H20N2. The predicted octanol–water partition coefficient (Wildman–Crippen LogP) is 1.07. The largest absolute Gasteiger partial charge is 0.329 e. The van der Waals surface area contributed by atoms with Crippen molar-refractivity contribution in [2.45, 2.75) is 32.7 Å². The lowest BCUT2D eigenvalue weighted by atomic mass is 10.1. The molecular weight excluding hydrogens is 124 g/mol. The van der Waals surface area contributed by atoms with Crippen molar-refractivity contribution in [2.75, 3.05) is 20.1 Å². The maximum absolute atomic E-state index is 5.59. The summed E-state index contributed by atoms with van der Waals surface area (Å²) in [4.78, 5) is 2.31. The van der Waals surface area contributed by atoms with Gasteiger partial charge in [0, 0.05) is 12.6 Å². The van der Waals surface area contributed by atoms with Gasteiger partial charge in [-0.2, -0.15) is 0 Å². The third-order valence-corrected chi connectivity index (χ3v) is 2.02. The fraction of sp³-hybridized carbons (Fsp3) is 1.00. The van der Waals surface area contributed by atoms with Gasteiger partial charge in [0.05, 0.1) is 0 Å². The Morgan fingerprint density at radius 1 is 1.40 bits per heavy atom. The van der Waals surface area contributed by atoms with E-state index >= 15 is 0 Å². The Morgan fingerprint density at radius 3 is 2.30 bits per heavy atom. The highest BCUT2D eigenvalue weighted by Crippen LogP contribution is 2.01. The van der Waals surface area contributed by atoms with E-state index in [1.54, 1.807) is 0 Å². The third kappa shape index (κ3) is 3.18. The average Bonchev–Trinajstić information content (AvgIpc) is 1.99. The highest BCUT2D eigenvalue weighted by Gasteiger charge is 2.08. The highest BCUT2D eigenvalue weighted by molar-refractivity contribution is 4.67. The van der Waals surface area contributed by atoms with Gasteiger partial charge >= 0.3 is 0 Å². The fourth-order valence-corrected chi connectivity index (χ4v) is 1.11. The summed E-state index contributed by atoms with van der Waals surface area (Å²) in [6.07, 6.45) is 2.45. The third-order valence-electron chi connectivity index (χ3n) is 2.02. The summed E-state index contributed by atoms with van der Waals surface area (Å²) in [5, 5.41) is 0. The molecule has 2 N–H and O–H groups in total. The molecule has 2 heteroatoms. The average molecular weight is 144 g/mol. The van der Waals surface area contributed by atoms with Crippen molar-refractivity contribution in [3.63, 3.8) is 0 Å². The van der Waals surface area contributed by atoms with Crippen LogP contribution in [0.5, 0.6) is 0 Å². The standard InChI is InChI=1S/C8H20N2/c1-4-6-8(7-9)10(3)5-2/h8H,4-7,9H2,1-3H3. The molecule has 10 heavy (non-hydrogen) atoms. The lowest BCUT2D eigenvalue weighted by molar-refractivity contribution is 0.245. The van der Waals surface area contributed by atoms with Crippen LogP contribution in [-0.2, 0) is 0 Å². The quantitative estimate of drug-likeness (QED) is 0.625. The highest BCUT2D eigenvalue weighted by atomic mass is 15.1. The molecule has 0 radical (unpaired) electrons. The topological polar surface area (TPSA) is 29.3 Å². The SMILES string of the molecule is CCCC(CN)N(C)CC. The second-order valence-corrected chi connectivity index (χ2v) is 2.75. The van der Waals surface area contributed by atoms with Crippen molar-refractivity contribution < 1.29 is 0 Å². The van der Waals surface area contributed by atoms with Crippen molar-refractivity contribution in [3.05, 3.63) is 0 Å². The maximum Gasteiger partial charge on any atom is 0.0215 e. The van der Waals surface area contributed by atoms with Crippen LogP contribution in [0.25, 0.3) is 0 Å². The van der Waals surface area contributed by atoms with E-state index in [2.05, 4.69) is 25.8 Å². The Morgan fingerprint density at radius 2 is 2.00 bits per heavy atom. The summed E-state index contributed by atoms with van der Waals surface area (Å²) >= 11 is 0. The molecule has 0 aliphatic heterocycles. The molecule has 0 fully saturated rings. The second kappa shape index (κ2) is 5.69. The van der Waals surface area contributed by atoms with Crippen molar-refractivity contribution >= 4 is 0 Å². The Labute approximate surface area is 64.4 Å². The first-order valence-corrected chi connectivity index (χ1v) is 4.16. The predicted molar refractivity (Wildman–Crippen MR) is 46.1 cm³/mol. The van der Waals surface area contributed by atoms with E-state index < -0.39 is 0 Å². The van der Waals surface area contributed by atoms with Crippen LogP contribution in [0.1, 0.15) is 26.7 Å². The van der Waals surface area contributed by atoms with Crippen molar-refractivity contribution in [3.8, 4) is 0 Å². The van der Waals surface area contributed by atoms with Crippen molar-refractivity contribution in [1.29, 1.82) is 0 Å². The number of nitrogens with two attached hydrogens (primary N) is 1. The second-order valence-electron chi connectivity index (χ2n) is 2.75. The van der Waals surface area contributed by atoms with Crippen LogP contribution in [0, 0.1) is 0 Å². The van der Waals surface area contributed by atoms with Gasteiger partial charge in [-0.05, 0) is 20.0 Å². The lowest BCUT2D eigenvalue weighted by Crippen LogP contribution is -2.37. The molecule has 0 aromatic carbocycles. The lowest BCUT2D eigenvalue weighted by Gasteiger charge is -2.24.